The van der Waals surface area contributed by atoms with Crippen LogP contribution in [0.1, 0.15) is 40.5 Å². The molecular formula is C10H20O3. The van der Waals surface area contributed by atoms with Gasteiger partial charge >= 0.3 is 5.97 Å². The van der Waals surface area contributed by atoms with E-state index >= 15 is 0 Å². The summed E-state index contributed by atoms with van der Waals surface area (Å²) in [5, 5.41) is 0. The number of carbonyl (C=O) groups excluding carboxylic acids is 1. The Hall–Kier alpha value is -0.570. The summed E-state index contributed by atoms with van der Waals surface area (Å²) in [5.41, 5.74) is -0.717. The summed E-state index contributed by atoms with van der Waals surface area (Å²) in [4.78, 5) is 11.6. The molecule has 0 aliphatic carbocycles. The fraction of sp³-hybridized carbons (Fsp3) is 0.900. The van der Waals surface area contributed by atoms with E-state index in [1.807, 2.05) is 20.8 Å². The third kappa shape index (κ3) is 2.99. The second kappa shape index (κ2) is 5.97. The first-order valence-electron chi connectivity index (χ1n) is 4.98. The van der Waals surface area contributed by atoms with Crippen LogP contribution in [-0.4, -0.2) is 24.8 Å². The Morgan fingerprint density at radius 3 is 1.92 bits per heavy atom. The molecule has 3 heteroatoms. The molecule has 0 N–H and O–H groups in total. The largest absolute Gasteiger partial charge is 0.464 e. The van der Waals surface area contributed by atoms with Crippen molar-refractivity contribution in [3.05, 3.63) is 0 Å². The lowest BCUT2D eigenvalue weighted by atomic mass is 9.97. The second-order valence-electron chi connectivity index (χ2n) is 2.85. The number of ether oxygens (including phenoxy) is 2. The van der Waals surface area contributed by atoms with E-state index in [0.717, 1.165) is 0 Å². The van der Waals surface area contributed by atoms with Crippen LogP contribution in [0.25, 0.3) is 0 Å². The molecule has 0 unspecified atom stereocenters. The summed E-state index contributed by atoms with van der Waals surface area (Å²) in [5.74, 6) is -0.234. The van der Waals surface area contributed by atoms with Gasteiger partial charge in [0.25, 0.3) is 0 Å². The summed E-state index contributed by atoms with van der Waals surface area (Å²) in [6.07, 6.45) is 1.33. The predicted octanol–water partition coefficient (Wildman–Crippen LogP) is 2.14. The van der Waals surface area contributed by atoms with Crippen LogP contribution in [0.3, 0.4) is 0 Å². The molecule has 0 aromatic rings. The van der Waals surface area contributed by atoms with Crippen molar-refractivity contribution in [1.82, 2.24) is 0 Å². The first-order chi connectivity index (χ1) is 6.16. The molecule has 0 aromatic carbocycles. The Bertz CT molecular complexity index is 150. The molecule has 3 nitrogen and oxygen atoms in total. The standard InChI is InChI=1S/C10H20O3/c1-5-10(6-2,13-8-4)9(11)12-7-3/h5-8H2,1-4H3. The summed E-state index contributed by atoms with van der Waals surface area (Å²) < 4.78 is 10.4. The van der Waals surface area contributed by atoms with E-state index in [1.165, 1.54) is 0 Å². The van der Waals surface area contributed by atoms with Crippen molar-refractivity contribution in [3.8, 4) is 0 Å². The van der Waals surface area contributed by atoms with Crippen molar-refractivity contribution >= 4 is 5.97 Å². The molecule has 0 bridgehead atoms. The van der Waals surface area contributed by atoms with E-state index in [2.05, 4.69) is 0 Å². The van der Waals surface area contributed by atoms with Crippen molar-refractivity contribution in [2.45, 2.75) is 46.1 Å². The van der Waals surface area contributed by atoms with Crippen LogP contribution in [0, 0.1) is 0 Å². The van der Waals surface area contributed by atoms with Gasteiger partial charge in [-0.15, -0.1) is 0 Å². The third-order valence-corrected chi connectivity index (χ3v) is 2.21. The highest BCUT2D eigenvalue weighted by Crippen LogP contribution is 2.22. The first kappa shape index (κ1) is 12.4. The molecule has 0 heterocycles. The lowest BCUT2D eigenvalue weighted by molar-refractivity contribution is -0.173. The van der Waals surface area contributed by atoms with Gasteiger partial charge in [-0.3, -0.25) is 0 Å². The van der Waals surface area contributed by atoms with Gasteiger partial charge in [-0.05, 0) is 26.7 Å². The molecule has 0 radical (unpaired) electrons. The number of hydrogen-bond donors (Lipinski definition) is 0. The van der Waals surface area contributed by atoms with Gasteiger partial charge < -0.3 is 9.47 Å². The van der Waals surface area contributed by atoms with E-state index in [1.54, 1.807) is 6.92 Å². The molecule has 0 aliphatic rings. The highest BCUT2D eigenvalue weighted by molar-refractivity contribution is 5.79. The highest BCUT2D eigenvalue weighted by Gasteiger charge is 2.36. The zero-order chi connectivity index (χ0) is 10.3. The SMILES string of the molecule is CCOC(=O)C(CC)(CC)OCC. The topological polar surface area (TPSA) is 35.5 Å². The molecule has 0 amide bonds. The van der Waals surface area contributed by atoms with Crippen molar-refractivity contribution in [2.75, 3.05) is 13.2 Å². The Labute approximate surface area is 80.4 Å². The van der Waals surface area contributed by atoms with Gasteiger partial charge in [0, 0.05) is 6.61 Å². The van der Waals surface area contributed by atoms with Gasteiger partial charge in [0.2, 0.25) is 0 Å². The minimum Gasteiger partial charge on any atom is -0.464 e. The van der Waals surface area contributed by atoms with Crippen molar-refractivity contribution in [3.63, 3.8) is 0 Å². The summed E-state index contributed by atoms with van der Waals surface area (Å²) in [6, 6.07) is 0. The zero-order valence-electron chi connectivity index (χ0n) is 9.05. The van der Waals surface area contributed by atoms with Gasteiger partial charge in [-0.1, -0.05) is 13.8 Å². The fourth-order valence-electron chi connectivity index (χ4n) is 1.34. The normalized spacial score (nSPS) is 11.4. The van der Waals surface area contributed by atoms with E-state index < -0.39 is 5.60 Å². The predicted molar refractivity (Wildman–Crippen MR) is 51.6 cm³/mol. The van der Waals surface area contributed by atoms with Crippen LogP contribution in [0.15, 0.2) is 0 Å². The van der Waals surface area contributed by atoms with Crippen LogP contribution < -0.4 is 0 Å². The molecular weight excluding hydrogens is 168 g/mol. The number of hydrogen-bond acceptors (Lipinski definition) is 3. The number of carbonyl (C=O) groups is 1. The zero-order valence-corrected chi connectivity index (χ0v) is 9.05. The van der Waals surface area contributed by atoms with E-state index in [0.29, 0.717) is 26.1 Å². The lowest BCUT2D eigenvalue weighted by Gasteiger charge is -2.28. The van der Waals surface area contributed by atoms with Gasteiger partial charge in [0.05, 0.1) is 6.61 Å². The minimum atomic E-state index is -0.717. The van der Waals surface area contributed by atoms with E-state index in [-0.39, 0.29) is 5.97 Å². The molecule has 78 valence electrons. The number of rotatable bonds is 6. The van der Waals surface area contributed by atoms with Gasteiger partial charge in [0.1, 0.15) is 0 Å². The fourth-order valence-corrected chi connectivity index (χ4v) is 1.34. The maximum absolute atomic E-state index is 11.6. The number of esters is 1. The van der Waals surface area contributed by atoms with Crippen LogP contribution >= 0.6 is 0 Å². The lowest BCUT2D eigenvalue weighted by Crippen LogP contribution is -2.42. The van der Waals surface area contributed by atoms with Crippen molar-refractivity contribution in [2.24, 2.45) is 0 Å². The molecule has 0 fully saturated rings. The third-order valence-electron chi connectivity index (χ3n) is 2.21. The summed E-state index contributed by atoms with van der Waals surface area (Å²) in [6.45, 7) is 8.53. The molecule has 0 saturated carbocycles. The first-order valence-corrected chi connectivity index (χ1v) is 4.98. The summed E-state index contributed by atoms with van der Waals surface area (Å²) >= 11 is 0. The average Bonchev–Trinajstić information content (AvgIpc) is 2.14. The second-order valence-corrected chi connectivity index (χ2v) is 2.85. The molecule has 0 aromatic heterocycles. The summed E-state index contributed by atoms with van der Waals surface area (Å²) in [7, 11) is 0. The van der Waals surface area contributed by atoms with Gasteiger partial charge in [-0.25, -0.2) is 4.79 Å². The van der Waals surface area contributed by atoms with Gasteiger partial charge in [-0.2, -0.15) is 0 Å². The molecule has 0 saturated heterocycles. The van der Waals surface area contributed by atoms with Crippen LogP contribution in [0.4, 0.5) is 0 Å². The Morgan fingerprint density at radius 2 is 1.62 bits per heavy atom. The van der Waals surface area contributed by atoms with Gasteiger partial charge in [0.15, 0.2) is 5.60 Å². The van der Waals surface area contributed by atoms with E-state index in [4.69, 9.17) is 9.47 Å². The Balaban J connectivity index is 4.43. The quantitative estimate of drug-likeness (QED) is 0.599. The Kier molecular flexibility index (Phi) is 5.71. The Morgan fingerprint density at radius 1 is 1.08 bits per heavy atom. The minimum absolute atomic E-state index is 0.234. The molecule has 0 aliphatic heterocycles. The van der Waals surface area contributed by atoms with E-state index in [9.17, 15) is 4.79 Å². The molecule has 0 atom stereocenters. The monoisotopic (exact) mass is 188 g/mol. The van der Waals surface area contributed by atoms with Crippen molar-refractivity contribution in [1.29, 1.82) is 0 Å². The smallest absolute Gasteiger partial charge is 0.338 e. The molecule has 13 heavy (non-hydrogen) atoms. The highest BCUT2D eigenvalue weighted by atomic mass is 16.6. The average molecular weight is 188 g/mol. The maximum Gasteiger partial charge on any atom is 0.338 e. The van der Waals surface area contributed by atoms with Crippen LogP contribution in [-0.2, 0) is 14.3 Å². The van der Waals surface area contributed by atoms with Crippen molar-refractivity contribution < 1.29 is 14.3 Å². The van der Waals surface area contributed by atoms with Crippen LogP contribution in [0.5, 0.6) is 0 Å². The maximum atomic E-state index is 11.6. The van der Waals surface area contributed by atoms with Crippen LogP contribution in [0.2, 0.25) is 0 Å². The molecule has 0 rings (SSSR count). The molecule has 0 spiro atoms.